The van der Waals surface area contributed by atoms with Gasteiger partial charge in [0.05, 0.1) is 5.57 Å². The van der Waals surface area contributed by atoms with Crippen molar-refractivity contribution in [3.8, 4) is 0 Å². The first kappa shape index (κ1) is 15.5. The van der Waals surface area contributed by atoms with E-state index in [2.05, 4.69) is 4.99 Å². The van der Waals surface area contributed by atoms with E-state index in [-0.39, 0.29) is 17.9 Å². The van der Waals surface area contributed by atoms with E-state index < -0.39 is 17.3 Å². The van der Waals surface area contributed by atoms with Crippen LogP contribution in [0.25, 0.3) is 0 Å². The quantitative estimate of drug-likeness (QED) is 0.501. The zero-order valence-electron chi connectivity index (χ0n) is 10.4. The van der Waals surface area contributed by atoms with Crippen molar-refractivity contribution in [3.63, 3.8) is 0 Å². The van der Waals surface area contributed by atoms with Gasteiger partial charge in [-0.1, -0.05) is 23.9 Å². The van der Waals surface area contributed by atoms with Gasteiger partial charge >= 0.3 is 11.9 Å². The van der Waals surface area contributed by atoms with Crippen molar-refractivity contribution >= 4 is 29.4 Å². The fourth-order valence-corrected chi connectivity index (χ4v) is 2.75. The van der Waals surface area contributed by atoms with E-state index in [1.165, 1.54) is 6.08 Å². The molecule has 0 spiro atoms. The number of thioether (sulfide) groups is 1. The number of unbranched alkanes of at least 4 members (excludes halogenated alkanes) is 1. The molecular weight excluding hydrogens is 270 g/mol. The van der Waals surface area contributed by atoms with Crippen molar-refractivity contribution in [2.24, 2.45) is 4.99 Å². The minimum absolute atomic E-state index is 0.0205. The number of allylic oxidation sites excluding steroid dienone is 2. The first-order valence-electron chi connectivity index (χ1n) is 5.69. The molecule has 0 saturated carbocycles. The average Bonchev–Trinajstić information content (AvgIpc) is 2.74. The number of carboxylic acid groups (broad SMARTS) is 2. The molecule has 1 atom stereocenters. The van der Waals surface area contributed by atoms with Gasteiger partial charge < -0.3 is 15.3 Å². The van der Waals surface area contributed by atoms with Crippen LogP contribution in [-0.4, -0.2) is 45.0 Å². The number of aliphatic imine (C=N–C) groups is 1. The molecule has 0 radical (unpaired) electrons. The lowest BCUT2D eigenvalue weighted by molar-refractivity contribution is -0.133. The van der Waals surface area contributed by atoms with Gasteiger partial charge in [-0.2, -0.15) is 0 Å². The zero-order valence-corrected chi connectivity index (χ0v) is 11.2. The third-order valence-corrected chi connectivity index (χ3v) is 3.63. The molecule has 104 valence electrons. The Morgan fingerprint density at radius 1 is 1.42 bits per heavy atom. The number of rotatable bonds is 6. The maximum Gasteiger partial charge on any atom is 0.355 e. The Kier molecular flexibility index (Phi) is 5.78. The standard InChI is InChI=1S/C12H15NO5S/c1-2-7(11(15)16)10-13-9(12(17)18)8(19-10)5-3-4-6-14/h2,5,10,14H,3-4,6H2,1H3,(H,15,16)(H,17,18)/b7-2-,8-5-. The van der Waals surface area contributed by atoms with Crippen molar-refractivity contribution in [3.05, 3.63) is 22.6 Å². The number of carbonyl (C=O) groups is 2. The van der Waals surface area contributed by atoms with Crippen molar-refractivity contribution in [1.29, 1.82) is 0 Å². The van der Waals surface area contributed by atoms with Crippen LogP contribution in [0.2, 0.25) is 0 Å². The van der Waals surface area contributed by atoms with Gasteiger partial charge in [-0.3, -0.25) is 4.99 Å². The average molecular weight is 285 g/mol. The SMILES string of the molecule is C/C=C(\C(=O)O)C1N=C(C(=O)O)/C(=C/CCCO)S1. The summed E-state index contributed by atoms with van der Waals surface area (Å²) in [6, 6.07) is 0. The fraction of sp³-hybridized carbons (Fsp3) is 0.417. The lowest BCUT2D eigenvalue weighted by atomic mass is 10.2. The molecule has 0 aromatic heterocycles. The Labute approximate surface area is 114 Å². The summed E-state index contributed by atoms with van der Waals surface area (Å²) in [7, 11) is 0. The second-order valence-corrected chi connectivity index (χ2v) is 4.86. The molecule has 0 aliphatic carbocycles. The predicted octanol–water partition coefficient (Wildman–Crippen LogP) is 1.27. The van der Waals surface area contributed by atoms with Crippen LogP contribution in [0.5, 0.6) is 0 Å². The molecule has 6 nitrogen and oxygen atoms in total. The Bertz CT molecular complexity index is 467. The van der Waals surface area contributed by atoms with Gasteiger partial charge in [-0.15, -0.1) is 0 Å². The maximum absolute atomic E-state index is 11.1. The van der Waals surface area contributed by atoms with E-state index in [9.17, 15) is 9.59 Å². The molecule has 1 rings (SSSR count). The molecule has 7 heteroatoms. The summed E-state index contributed by atoms with van der Waals surface area (Å²) in [5.74, 6) is -2.28. The smallest absolute Gasteiger partial charge is 0.355 e. The van der Waals surface area contributed by atoms with Gasteiger partial charge in [0.25, 0.3) is 0 Å². The summed E-state index contributed by atoms with van der Waals surface area (Å²) < 4.78 is 0. The van der Waals surface area contributed by atoms with Crippen LogP contribution in [0.3, 0.4) is 0 Å². The molecule has 1 unspecified atom stereocenters. The van der Waals surface area contributed by atoms with Gasteiger partial charge in [-0.05, 0) is 19.8 Å². The third kappa shape index (κ3) is 3.93. The van der Waals surface area contributed by atoms with E-state index >= 15 is 0 Å². The lowest BCUT2D eigenvalue weighted by Gasteiger charge is -2.06. The zero-order chi connectivity index (χ0) is 14.4. The molecule has 0 amide bonds. The predicted molar refractivity (Wildman–Crippen MR) is 72.2 cm³/mol. The molecule has 0 aromatic rings. The molecule has 19 heavy (non-hydrogen) atoms. The Morgan fingerprint density at radius 3 is 2.58 bits per heavy atom. The fourth-order valence-electron chi connectivity index (χ4n) is 1.52. The van der Waals surface area contributed by atoms with Gasteiger partial charge in [0.2, 0.25) is 0 Å². The highest BCUT2D eigenvalue weighted by atomic mass is 32.2. The van der Waals surface area contributed by atoms with Crippen LogP contribution in [-0.2, 0) is 9.59 Å². The maximum atomic E-state index is 11.1. The summed E-state index contributed by atoms with van der Waals surface area (Å²) in [4.78, 5) is 26.5. The highest BCUT2D eigenvalue weighted by molar-refractivity contribution is 8.05. The van der Waals surface area contributed by atoms with E-state index in [4.69, 9.17) is 15.3 Å². The summed E-state index contributed by atoms with van der Waals surface area (Å²) in [6.45, 7) is 1.60. The summed E-state index contributed by atoms with van der Waals surface area (Å²) >= 11 is 1.10. The van der Waals surface area contributed by atoms with E-state index in [1.54, 1.807) is 13.0 Å². The Hall–Kier alpha value is -1.60. The van der Waals surface area contributed by atoms with E-state index in [0.717, 1.165) is 11.8 Å². The number of aliphatic hydroxyl groups is 1. The van der Waals surface area contributed by atoms with Crippen LogP contribution in [0.4, 0.5) is 0 Å². The monoisotopic (exact) mass is 285 g/mol. The van der Waals surface area contributed by atoms with Crippen molar-refractivity contribution in [2.75, 3.05) is 6.61 Å². The largest absolute Gasteiger partial charge is 0.478 e. The second-order valence-electron chi connectivity index (χ2n) is 3.74. The highest BCUT2D eigenvalue weighted by Gasteiger charge is 2.32. The van der Waals surface area contributed by atoms with E-state index in [1.807, 2.05) is 0 Å². The number of carboxylic acids is 2. The van der Waals surface area contributed by atoms with Crippen molar-refractivity contribution < 1.29 is 24.9 Å². The van der Waals surface area contributed by atoms with Gasteiger partial charge in [-0.25, -0.2) is 9.59 Å². The minimum atomic E-state index is -1.17. The number of aliphatic carboxylic acids is 2. The van der Waals surface area contributed by atoms with Gasteiger partial charge in [0.1, 0.15) is 5.37 Å². The Balaban J connectivity index is 2.96. The normalized spacial score (nSPS) is 21.6. The topological polar surface area (TPSA) is 107 Å². The highest BCUT2D eigenvalue weighted by Crippen LogP contribution is 2.36. The number of hydrogen-bond donors (Lipinski definition) is 3. The molecule has 1 aliphatic rings. The van der Waals surface area contributed by atoms with Crippen LogP contribution >= 0.6 is 11.8 Å². The first-order valence-corrected chi connectivity index (χ1v) is 6.57. The molecule has 3 N–H and O–H groups in total. The molecule has 1 aliphatic heterocycles. The van der Waals surface area contributed by atoms with Crippen LogP contribution < -0.4 is 0 Å². The van der Waals surface area contributed by atoms with Crippen LogP contribution in [0.1, 0.15) is 19.8 Å². The molecule has 0 fully saturated rings. The molecule has 0 aromatic carbocycles. The molecule has 1 heterocycles. The molecule has 0 saturated heterocycles. The third-order valence-electron chi connectivity index (χ3n) is 2.44. The summed E-state index contributed by atoms with van der Waals surface area (Å²) in [5.41, 5.74) is -0.0529. The number of hydrogen-bond acceptors (Lipinski definition) is 5. The van der Waals surface area contributed by atoms with Gasteiger partial charge in [0, 0.05) is 11.5 Å². The molecule has 0 bridgehead atoms. The van der Waals surface area contributed by atoms with Crippen molar-refractivity contribution in [1.82, 2.24) is 0 Å². The number of nitrogens with zero attached hydrogens (tertiary/aromatic N) is 1. The van der Waals surface area contributed by atoms with Gasteiger partial charge in [0.15, 0.2) is 5.71 Å². The van der Waals surface area contributed by atoms with Crippen molar-refractivity contribution in [2.45, 2.75) is 25.1 Å². The minimum Gasteiger partial charge on any atom is -0.478 e. The number of aliphatic hydroxyl groups excluding tert-OH is 1. The van der Waals surface area contributed by atoms with Crippen LogP contribution in [0, 0.1) is 0 Å². The van der Waals surface area contributed by atoms with E-state index in [0.29, 0.717) is 17.7 Å². The molecular formula is C12H15NO5S. The Morgan fingerprint density at radius 2 is 2.11 bits per heavy atom. The summed E-state index contributed by atoms with van der Waals surface area (Å²) in [5, 5.41) is 26.0. The lowest BCUT2D eigenvalue weighted by Crippen LogP contribution is -2.13. The first-order chi connectivity index (χ1) is 9.01. The summed E-state index contributed by atoms with van der Waals surface area (Å²) in [6.07, 6.45) is 4.13. The van der Waals surface area contributed by atoms with Crippen LogP contribution in [0.15, 0.2) is 27.6 Å². The second kappa shape index (κ2) is 7.10.